The van der Waals surface area contributed by atoms with Gasteiger partial charge >= 0.3 is 11.7 Å². The van der Waals surface area contributed by atoms with E-state index in [1.54, 1.807) is 13.8 Å². The van der Waals surface area contributed by atoms with E-state index in [0.717, 1.165) is 12.8 Å². The highest BCUT2D eigenvalue weighted by molar-refractivity contribution is 5.69. The molecule has 2 saturated carbocycles. The molecule has 0 radical (unpaired) electrons. The Bertz CT molecular complexity index is 595. The molecule has 7 heteroatoms. The Labute approximate surface area is 122 Å². The van der Waals surface area contributed by atoms with Crippen molar-refractivity contribution in [2.75, 3.05) is 0 Å². The predicted octanol–water partition coefficient (Wildman–Crippen LogP) is 2.14. The lowest BCUT2D eigenvalue weighted by Crippen LogP contribution is -2.26. The van der Waals surface area contributed by atoms with Crippen LogP contribution in [0.15, 0.2) is 0 Å². The van der Waals surface area contributed by atoms with Crippen LogP contribution in [0.4, 0.5) is 5.69 Å². The fraction of sp³-hybridized carbons (Fsp3) is 0.714. The molecule has 2 aliphatic carbocycles. The van der Waals surface area contributed by atoms with E-state index < -0.39 is 4.92 Å². The summed E-state index contributed by atoms with van der Waals surface area (Å²) in [6.45, 7) is 3.11. The molecule has 1 aromatic heterocycles. The number of rotatable bonds is 4. The van der Waals surface area contributed by atoms with E-state index in [4.69, 9.17) is 4.74 Å². The van der Waals surface area contributed by atoms with Crippen LogP contribution in [0.3, 0.4) is 0 Å². The maximum Gasteiger partial charge on any atom is 0.328 e. The van der Waals surface area contributed by atoms with Gasteiger partial charge in [-0.1, -0.05) is 0 Å². The normalized spacial score (nSPS) is 27.0. The first-order chi connectivity index (χ1) is 9.95. The molecule has 0 aromatic carbocycles. The van der Waals surface area contributed by atoms with Gasteiger partial charge in [0.05, 0.1) is 4.92 Å². The topological polar surface area (TPSA) is 87.3 Å². The highest BCUT2D eigenvalue weighted by Crippen LogP contribution is 2.45. The van der Waals surface area contributed by atoms with Crippen molar-refractivity contribution < 1.29 is 14.5 Å². The molecule has 7 nitrogen and oxygen atoms in total. The van der Waals surface area contributed by atoms with E-state index in [1.165, 1.54) is 17.5 Å². The van der Waals surface area contributed by atoms with Gasteiger partial charge in [-0.05, 0) is 51.4 Å². The first-order valence-corrected chi connectivity index (χ1v) is 7.33. The maximum absolute atomic E-state index is 12.0. The molecule has 0 aliphatic heterocycles. The van der Waals surface area contributed by atoms with Crippen molar-refractivity contribution in [2.24, 2.45) is 11.8 Å². The van der Waals surface area contributed by atoms with Gasteiger partial charge in [-0.2, -0.15) is 5.10 Å². The third-order valence-corrected chi connectivity index (χ3v) is 4.76. The Morgan fingerprint density at radius 3 is 2.71 bits per heavy atom. The van der Waals surface area contributed by atoms with Gasteiger partial charge < -0.3 is 4.74 Å². The van der Waals surface area contributed by atoms with E-state index in [2.05, 4.69) is 5.10 Å². The molecule has 2 fully saturated rings. The molecule has 114 valence electrons. The number of esters is 1. The summed E-state index contributed by atoms with van der Waals surface area (Å²) in [5.74, 6) is 0.865. The monoisotopic (exact) mass is 293 g/mol. The minimum atomic E-state index is -0.463. The molecule has 0 saturated heterocycles. The molecule has 21 heavy (non-hydrogen) atoms. The summed E-state index contributed by atoms with van der Waals surface area (Å²) in [6, 6.07) is 0. The van der Waals surface area contributed by atoms with Crippen molar-refractivity contribution in [2.45, 2.75) is 52.2 Å². The van der Waals surface area contributed by atoms with Crippen molar-refractivity contribution in [3.8, 4) is 0 Å². The summed E-state index contributed by atoms with van der Waals surface area (Å²) in [7, 11) is 0. The molecule has 0 unspecified atom stereocenters. The van der Waals surface area contributed by atoms with Crippen LogP contribution in [0.1, 0.15) is 37.1 Å². The summed E-state index contributed by atoms with van der Waals surface area (Å²) >= 11 is 0. The zero-order valence-corrected chi connectivity index (χ0v) is 12.2. The van der Waals surface area contributed by atoms with Crippen LogP contribution in [0.25, 0.3) is 0 Å². The van der Waals surface area contributed by atoms with Crippen LogP contribution in [-0.2, 0) is 16.1 Å². The van der Waals surface area contributed by atoms with Crippen molar-refractivity contribution in [3.05, 3.63) is 21.5 Å². The minimum Gasteiger partial charge on any atom is -0.461 e. The standard InChI is InChI=1S/C14H19N3O4/c1-8-14(17(19)20)9(2)16(15-8)7-13(18)21-12-6-10-3-4-11(12)5-10/h10-12H,3-7H2,1-2H3/t10-,11-,12-/m0/s1. The van der Waals surface area contributed by atoms with E-state index in [1.807, 2.05) is 0 Å². The van der Waals surface area contributed by atoms with Crippen LogP contribution in [-0.4, -0.2) is 26.8 Å². The zero-order chi connectivity index (χ0) is 15.1. The van der Waals surface area contributed by atoms with Gasteiger partial charge in [-0.3, -0.25) is 19.6 Å². The highest BCUT2D eigenvalue weighted by Gasteiger charge is 2.41. The van der Waals surface area contributed by atoms with Gasteiger partial charge in [-0.25, -0.2) is 0 Å². The Kier molecular flexibility index (Phi) is 3.43. The largest absolute Gasteiger partial charge is 0.461 e. The second-order valence-electron chi connectivity index (χ2n) is 6.14. The van der Waals surface area contributed by atoms with Gasteiger partial charge in [0.15, 0.2) is 0 Å². The lowest BCUT2D eigenvalue weighted by atomic mass is 9.98. The Morgan fingerprint density at radius 2 is 2.19 bits per heavy atom. The van der Waals surface area contributed by atoms with Gasteiger partial charge in [0, 0.05) is 0 Å². The molecule has 1 aromatic rings. The molecule has 0 amide bonds. The number of aryl methyl sites for hydroxylation is 1. The number of hydrogen-bond donors (Lipinski definition) is 0. The van der Waals surface area contributed by atoms with Gasteiger partial charge in [-0.15, -0.1) is 0 Å². The van der Waals surface area contributed by atoms with E-state index in [-0.39, 0.29) is 24.3 Å². The number of carbonyl (C=O) groups is 1. The summed E-state index contributed by atoms with van der Waals surface area (Å²) in [5, 5.41) is 15.0. The number of hydrogen-bond acceptors (Lipinski definition) is 5. The van der Waals surface area contributed by atoms with Crippen LogP contribution in [0, 0.1) is 35.8 Å². The van der Waals surface area contributed by atoms with Gasteiger partial charge in [0.25, 0.3) is 0 Å². The molecular weight excluding hydrogens is 274 g/mol. The molecule has 0 spiro atoms. The zero-order valence-electron chi connectivity index (χ0n) is 12.2. The average molecular weight is 293 g/mol. The Hall–Kier alpha value is -1.92. The quantitative estimate of drug-likeness (QED) is 0.482. The molecule has 3 rings (SSSR count). The number of nitro groups is 1. The number of ether oxygens (including phenoxy) is 1. The average Bonchev–Trinajstić information content (AvgIpc) is 3.05. The van der Waals surface area contributed by atoms with Crippen LogP contribution in [0.2, 0.25) is 0 Å². The number of carbonyl (C=O) groups excluding carboxylic acids is 1. The lowest BCUT2D eigenvalue weighted by Gasteiger charge is -2.21. The van der Waals surface area contributed by atoms with E-state index in [9.17, 15) is 14.9 Å². The fourth-order valence-electron chi connectivity index (χ4n) is 3.76. The molecule has 3 atom stereocenters. The van der Waals surface area contributed by atoms with Crippen LogP contribution >= 0.6 is 0 Å². The smallest absolute Gasteiger partial charge is 0.328 e. The maximum atomic E-state index is 12.0. The summed E-state index contributed by atoms with van der Waals surface area (Å²) < 4.78 is 6.91. The molecule has 0 N–H and O–H groups in total. The minimum absolute atomic E-state index is 0.0253. The molecule has 1 heterocycles. The second kappa shape index (κ2) is 5.13. The molecule has 2 aliphatic rings. The van der Waals surface area contributed by atoms with Gasteiger partial charge in [0.1, 0.15) is 24.0 Å². The third kappa shape index (κ3) is 2.52. The fourth-order valence-corrected chi connectivity index (χ4v) is 3.76. The van der Waals surface area contributed by atoms with E-state index in [0.29, 0.717) is 23.2 Å². The number of aromatic nitrogens is 2. The van der Waals surface area contributed by atoms with Gasteiger partial charge in [0.2, 0.25) is 0 Å². The third-order valence-electron chi connectivity index (χ3n) is 4.76. The lowest BCUT2D eigenvalue weighted by molar-refractivity contribution is -0.386. The first kappa shape index (κ1) is 14.0. The molecular formula is C14H19N3O4. The second-order valence-corrected chi connectivity index (χ2v) is 6.14. The van der Waals surface area contributed by atoms with Crippen LogP contribution in [0.5, 0.6) is 0 Å². The SMILES string of the molecule is Cc1nn(CC(=O)O[C@H]2C[C@H]3CC[C@H]2C3)c(C)c1[N+](=O)[O-]. The number of nitrogens with zero attached hydrogens (tertiary/aromatic N) is 3. The first-order valence-electron chi connectivity index (χ1n) is 7.33. The Balaban J connectivity index is 1.65. The summed E-state index contributed by atoms with van der Waals surface area (Å²) in [5.41, 5.74) is 0.690. The summed E-state index contributed by atoms with van der Waals surface area (Å²) in [4.78, 5) is 22.5. The van der Waals surface area contributed by atoms with Crippen molar-refractivity contribution >= 4 is 11.7 Å². The van der Waals surface area contributed by atoms with E-state index >= 15 is 0 Å². The molecule has 2 bridgehead atoms. The van der Waals surface area contributed by atoms with Crippen molar-refractivity contribution in [3.63, 3.8) is 0 Å². The Morgan fingerprint density at radius 1 is 1.43 bits per heavy atom. The summed E-state index contributed by atoms with van der Waals surface area (Å²) in [6.07, 6.45) is 4.57. The number of fused-ring (bicyclic) bond motifs is 2. The highest BCUT2D eigenvalue weighted by atomic mass is 16.6. The predicted molar refractivity (Wildman–Crippen MR) is 73.7 cm³/mol. The van der Waals surface area contributed by atoms with Crippen molar-refractivity contribution in [1.82, 2.24) is 9.78 Å². The van der Waals surface area contributed by atoms with Crippen LogP contribution < -0.4 is 0 Å². The van der Waals surface area contributed by atoms with Crippen molar-refractivity contribution in [1.29, 1.82) is 0 Å².